The molecule has 0 spiro atoms. The number of aromatic nitrogens is 2. The average Bonchev–Trinajstić information content (AvgIpc) is 3.44. The van der Waals surface area contributed by atoms with E-state index >= 15 is 0 Å². The number of hydrogen-bond acceptors (Lipinski definition) is 3. The summed E-state index contributed by atoms with van der Waals surface area (Å²) in [7, 11) is 0. The van der Waals surface area contributed by atoms with E-state index < -0.39 is 0 Å². The van der Waals surface area contributed by atoms with Crippen molar-refractivity contribution in [3.05, 3.63) is 114 Å². The summed E-state index contributed by atoms with van der Waals surface area (Å²) >= 11 is 5.81. The van der Waals surface area contributed by atoms with Crippen LogP contribution in [0.4, 0.5) is 5.69 Å². The fourth-order valence-corrected chi connectivity index (χ4v) is 5.17. The Kier molecular flexibility index (Phi) is 6.82. The summed E-state index contributed by atoms with van der Waals surface area (Å²) in [6, 6.07) is 28.0. The van der Waals surface area contributed by atoms with E-state index in [0.29, 0.717) is 18.1 Å². The normalized spacial score (nSPS) is 17.2. The number of amides is 1. The molecule has 2 N–H and O–H groups in total. The van der Waals surface area contributed by atoms with Gasteiger partial charge in [0.05, 0.1) is 17.8 Å². The maximum absolute atomic E-state index is 12.9. The van der Waals surface area contributed by atoms with E-state index in [-0.39, 0.29) is 18.0 Å². The van der Waals surface area contributed by atoms with E-state index in [0.717, 1.165) is 34.0 Å². The van der Waals surface area contributed by atoms with E-state index in [4.69, 9.17) is 12.2 Å². The third-order valence-electron chi connectivity index (χ3n) is 6.62. The van der Waals surface area contributed by atoms with Gasteiger partial charge in [0.1, 0.15) is 0 Å². The second-order valence-electron chi connectivity index (χ2n) is 9.00. The summed E-state index contributed by atoms with van der Waals surface area (Å²) in [6.07, 6.45) is 2.11. The van der Waals surface area contributed by atoms with Gasteiger partial charge in [-0.15, -0.1) is 0 Å². The molecule has 0 aliphatic carbocycles. The molecule has 4 aromatic rings. The maximum atomic E-state index is 12.9. The van der Waals surface area contributed by atoms with Crippen molar-refractivity contribution >= 4 is 28.9 Å². The van der Waals surface area contributed by atoms with Crippen LogP contribution in [0.3, 0.4) is 0 Å². The quantitative estimate of drug-likeness (QED) is 0.332. The summed E-state index contributed by atoms with van der Waals surface area (Å²) in [5.74, 6) is -0.0400. The molecule has 0 radical (unpaired) electrons. The molecule has 7 heteroatoms. The number of aryl methyl sites for hydroxylation is 2. The Morgan fingerprint density at radius 1 is 0.972 bits per heavy atom. The Labute approximate surface area is 217 Å². The first kappa shape index (κ1) is 23.8. The third-order valence-corrected chi connectivity index (χ3v) is 6.97. The van der Waals surface area contributed by atoms with Gasteiger partial charge in [-0.05, 0) is 74.1 Å². The summed E-state index contributed by atoms with van der Waals surface area (Å²) in [5.41, 5.74) is 6.10. The van der Waals surface area contributed by atoms with E-state index in [1.807, 2.05) is 67.6 Å². The number of nitrogens with one attached hydrogen (secondary N) is 2. The molecule has 2 aromatic heterocycles. The van der Waals surface area contributed by atoms with Gasteiger partial charge in [-0.3, -0.25) is 9.78 Å². The number of para-hydroxylation sites is 2. The molecule has 6 nitrogen and oxygen atoms in total. The van der Waals surface area contributed by atoms with Crippen molar-refractivity contribution in [1.29, 1.82) is 0 Å². The first-order valence-corrected chi connectivity index (χ1v) is 12.5. The zero-order valence-electron chi connectivity index (χ0n) is 20.4. The molecule has 0 unspecified atom stereocenters. The summed E-state index contributed by atoms with van der Waals surface area (Å²) in [6.45, 7) is 4.58. The fourth-order valence-electron chi connectivity index (χ4n) is 4.83. The number of pyridine rings is 1. The lowest BCUT2D eigenvalue weighted by Crippen LogP contribution is -2.33. The standard InChI is InChI=1S/C29H29N5OS/c1-20-10-6-7-13-23(20)31-26(35)17-19-33-28(27(32-29(33)36)24-14-8-9-18-30-24)25-16-15-21(2)34(25)22-11-4-3-5-12-22/h3-16,18,27-28H,17,19H2,1-2H3,(H,31,35)(H,32,36)/t27-,28-/m1/s1. The Bertz CT molecular complexity index is 1370. The minimum atomic E-state index is -0.144. The number of carbonyl (C=O) groups excluding carboxylic acids is 1. The van der Waals surface area contributed by atoms with Crippen LogP contribution in [0.15, 0.2) is 91.1 Å². The number of rotatable bonds is 7. The van der Waals surface area contributed by atoms with Crippen LogP contribution in [0.2, 0.25) is 0 Å². The highest BCUT2D eigenvalue weighted by Gasteiger charge is 2.41. The van der Waals surface area contributed by atoms with Crippen molar-refractivity contribution in [3.8, 4) is 5.69 Å². The van der Waals surface area contributed by atoms with Crippen LogP contribution in [0, 0.1) is 13.8 Å². The Hall–Kier alpha value is -3.97. The van der Waals surface area contributed by atoms with Gasteiger partial charge in [0.15, 0.2) is 5.11 Å². The Morgan fingerprint density at radius 2 is 1.72 bits per heavy atom. The van der Waals surface area contributed by atoms with Gasteiger partial charge in [0, 0.05) is 41.9 Å². The molecule has 1 aliphatic rings. The first-order chi connectivity index (χ1) is 17.5. The second kappa shape index (κ2) is 10.3. The number of anilines is 1. The molecule has 1 fully saturated rings. The van der Waals surface area contributed by atoms with Crippen LogP contribution >= 0.6 is 12.2 Å². The molecule has 3 heterocycles. The molecule has 5 rings (SSSR count). The van der Waals surface area contributed by atoms with Gasteiger partial charge < -0.3 is 20.1 Å². The van der Waals surface area contributed by atoms with E-state index in [1.165, 1.54) is 0 Å². The fraction of sp³-hybridized carbons (Fsp3) is 0.207. The van der Waals surface area contributed by atoms with E-state index in [1.54, 1.807) is 6.20 Å². The molecule has 182 valence electrons. The lowest BCUT2D eigenvalue weighted by atomic mass is 10.0. The van der Waals surface area contributed by atoms with Crippen LogP contribution in [-0.2, 0) is 4.79 Å². The minimum Gasteiger partial charge on any atom is -0.352 e. The number of hydrogen-bond donors (Lipinski definition) is 2. The SMILES string of the molecule is Cc1ccccc1NC(=O)CCN1C(=S)N[C@H](c2ccccn2)[C@H]1c1ccc(C)n1-c1ccccc1. The van der Waals surface area contributed by atoms with Gasteiger partial charge in [0.2, 0.25) is 5.91 Å². The van der Waals surface area contributed by atoms with Crippen LogP contribution in [0.1, 0.15) is 41.1 Å². The van der Waals surface area contributed by atoms with Crippen molar-refractivity contribution in [2.45, 2.75) is 32.4 Å². The molecule has 2 aromatic carbocycles. The summed E-state index contributed by atoms with van der Waals surface area (Å²) in [5, 5.41) is 7.15. The maximum Gasteiger partial charge on any atom is 0.226 e. The molecule has 0 bridgehead atoms. The van der Waals surface area contributed by atoms with Gasteiger partial charge in [-0.2, -0.15) is 0 Å². The van der Waals surface area contributed by atoms with Crippen molar-refractivity contribution in [2.24, 2.45) is 0 Å². The molecule has 1 amide bonds. The lowest BCUT2D eigenvalue weighted by molar-refractivity contribution is -0.116. The summed E-state index contributed by atoms with van der Waals surface area (Å²) in [4.78, 5) is 19.7. The molecule has 1 saturated heterocycles. The largest absolute Gasteiger partial charge is 0.352 e. The lowest BCUT2D eigenvalue weighted by Gasteiger charge is -2.29. The number of nitrogens with zero attached hydrogens (tertiary/aromatic N) is 3. The molecule has 0 saturated carbocycles. The molecule has 2 atom stereocenters. The van der Waals surface area contributed by atoms with Crippen LogP contribution < -0.4 is 10.6 Å². The molecule has 36 heavy (non-hydrogen) atoms. The minimum absolute atomic E-state index is 0.0400. The molecular weight excluding hydrogens is 466 g/mol. The van der Waals surface area contributed by atoms with Gasteiger partial charge >= 0.3 is 0 Å². The highest BCUT2D eigenvalue weighted by Crippen LogP contribution is 2.40. The zero-order chi connectivity index (χ0) is 25.1. The number of benzene rings is 2. The Morgan fingerprint density at radius 3 is 2.47 bits per heavy atom. The van der Waals surface area contributed by atoms with Gasteiger partial charge in [-0.25, -0.2) is 0 Å². The van der Waals surface area contributed by atoms with Crippen molar-refractivity contribution in [2.75, 3.05) is 11.9 Å². The predicted octanol–water partition coefficient (Wildman–Crippen LogP) is 5.49. The van der Waals surface area contributed by atoms with Gasteiger partial charge in [0.25, 0.3) is 0 Å². The Balaban J connectivity index is 1.47. The third kappa shape index (κ3) is 4.75. The smallest absolute Gasteiger partial charge is 0.226 e. The first-order valence-electron chi connectivity index (χ1n) is 12.1. The highest BCUT2D eigenvalue weighted by molar-refractivity contribution is 7.80. The zero-order valence-corrected chi connectivity index (χ0v) is 21.2. The number of thiocarbonyl (C=S) groups is 1. The van der Waals surface area contributed by atoms with Crippen molar-refractivity contribution in [3.63, 3.8) is 0 Å². The van der Waals surface area contributed by atoms with Gasteiger partial charge in [-0.1, -0.05) is 42.5 Å². The van der Waals surface area contributed by atoms with Crippen molar-refractivity contribution in [1.82, 2.24) is 19.8 Å². The van der Waals surface area contributed by atoms with E-state index in [9.17, 15) is 4.79 Å². The average molecular weight is 496 g/mol. The topological polar surface area (TPSA) is 62.2 Å². The predicted molar refractivity (Wildman–Crippen MR) is 147 cm³/mol. The van der Waals surface area contributed by atoms with Crippen LogP contribution in [0.5, 0.6) is 0 Å². The highest BCUT2D eigenvalue weighted by atomic mass is 32.1. The van der Waals surface area contributed by atoms with Crippen molar-refractivity contribution < 1.29 is 4.79 Å². The second-order valence-corrected chi connectivity index (χ2v) is 9.39. The van der Waals surface area contributed by atoms with E-state index in [2.05, 4.69) is 56.3 Å². The molecule has 1 aliphatic heterocycles. The molecular formula is C29H29N5OS. The number of carbonyl (C=O) groups is 1. The van der Waals surface area contributed by atoms with Crippen LogP contribution in [-0.4, -0.2) is 32.0 Å². The monoisotopic (exact) mass is 495 g/mol. The van der Waals surface area contributed by atoms with Crippen LogP contribution in [0.25, 0.3) is 5.69 Å². The summed E-state index contributed by atoms with van der Waals surface area (Å²) < 4.78 is 2.26.